The predicted molar refractivity (Wildman–Crippen MR) is 44.8 cm³/mol. The van der Waals surface area contributed by atoms with Crippen LogP contribution in [0.1, 0.15) is 5.56 Å². The molecule has 0 spiro atoms. The number of rotatable bonds is 2. The highest BCUT2D eigenvalue weighted by atomic mass is 35.7. The van der Waals surface area contributed by atoms with Crippen LogP contribution >= 0.6 is 10.7 Å². The van der Waals surface area contributed by atoms with Crippen LogP contribution in [0.3, 0.4) is 0 Å². The largest absolute Gasteiger partial charge is 0.236 e. The molecule has 0 unspecified atom stereocenters. The van der Waals surface area contributed by atoms with E-state index in [1.807, 2.05) is 0 Å². The second kappa shape index (κ2) is 3.78. The van der Waals surface area contributed by atoms with E-state index < -0.39 is 37.8 Å². The molecule has 0 aliphatic carbocycles. The van der Waals surface area contributed by atoms with Gasteiger partial charge in [-0.2, -0.15) is 0 Å². The van der Waals surface area contributed by atoms with E-state index in [4.69, 9.17) is 10.7 Å². The third-order valence-electron chi connectivity index (χ3n) is 1.44. The highest BCUT2D eigenvalue weighted by molar-refractivity contribution is 8.13. The molecule has 0 radical (unpaired) electrons. The van der Waals surface area contributed by atoms with Gasteiger partial charge >= 0.3 is 0 Å². The van der Waals surface area contributed by atoms with Gasteiger partial charge in [0.1, 0.15) is 0 Å². The maximum atomic E-state index is 12.9. The molecule has 14 heavy (non-hydrogen) atoms. The molecule has 0 heterocycles. The topological polar surface area (TPSA) is 34.1 Å². The quantitative estimate of drug-likeness (QED) is 0.590. The fourth-order valence-electron chi connectivity index (χ4n) is 0.863. The van der Waals surface area contributed by atoms with E-state index in [1.54, 1.807) is 0 Å². The minimum atomic E-state index is -3.99. The van der Waals surface area contributed by atoms with Crippen LogP contribution in [0, 0.1) is 17.5 Å². The molecule has 0 N–H and O–H groups in total. The maximum absolute atomic E-state index is 12.9. The van der Waals surface area contributed by atoms with Gasteiger partial charge in [-0.3, -0.25) is 0 Å². The molecule has 0 saturated heterocycles. The third kappa shape index (κ3) is 2.62. The van der Waals surface area contributed by atoms with Crippen LogP contribution in [0.25, 0.3) is 0 Å². The van der Waals surface area contributed by atoms with Crippen molar-refractivity contribution in [1.29, 1.82) is 0 Å². The standard InChI is InChI=1S/C7H4ClF3O2S/c8-14(12,13)3-4-1-2-5(9)7(11)6(4)10/h1-2H,3H2. The van der Waals surface area contributed by atoms with Gasteiger partial charge < -0.3 is 0 Å². The minimum absolute atomic E-state index is 0.501. The number of halogens is 4. The highest BCUT2D eigenvalue weighted by Gasteiger charge is 2.17. The van der Waals surface area contributed by atoms with Crippen molar-refractivity contribution in [2.24, 2.45) is 0 Å². The Balaban J connectivity index is 3.19. The van der Waals surface area contributed by atoms with E-state index in [0.29, 0.717) is 6.07 Å². The third-order valence-corrected chi connectivity index (χ3v) is 2.43. The average Bonchev–Trinajstić information content (AvgIpc) is 2.04. The van der Waals surface area contributed by atoms with Gasteiger partial charge in [0.15, 0.2) is 17.5 Å². The Labute approximate surface area is 82.7 Å². The van der Waals surface area contributed by atoms with Crippen LogP contribution in [0.4, 0.5) is 13.2 Å². The Morgan fingerprint density at radius 2 is 1.71 bits per heavy atom. The zero-order chi connectivity index (χ0) is 10.9. The molecule has 0 saturated carbocycles. The van der Waals surface area contributed by atoms with E-state index in [-0.39, 0.29) is 0 Å². The first-order chi connectivity index (χ1) is 6.31. The van der Waals surface area contributed by atoms with Crippen LogP contribution in [0.2, 0.25) is 0 Å². The lowest BCUT2D eigenvalue weighted by molar-refractivity contribution is 0.442. The summed E-state index contributed by atoms with van der Waals surface area (Å²) < 4.78 is 58.9. The monoisotopic (exact) mass is 244 g/mol. The Morgan fingerprint density at radius 3 is 2.21 bits per heavy atom. The van der Waals surface area contributed by atoms with Gasteiger partial charge in [0.05, 0.1) is 5.75 Å². The number of benzene rings is 1. The lowest BCUT2D eigenvalue weighted by atomic mass is 10.2. The molecule has 0 atom stereocenters. The average molecular weight is 245 g/mol. The molecule has 1 rings (SSSR count). The van der Waals surface area contributed by atoms with E-state index in [9.17, 15) is 21.6 Å². The molecule has 0 aromatic heterocycles. The molecule has 78 valence electrons. The first kappa shape index (κ1) is 11.3. The van der Waals surface area contributed by atoms with Gasteiger partial charge in [-0.05, 0) is 6.07 Å². The molecule has 1 aromatic rings. The highest BCUT2D eigenvalue weighted by Crippen LogP contribution is 2.18. The van der Waals surface area contributed by atoms with E-state index in [1.165, 1.54) is 0 Å². The normalized spacial score (nSPS) is 11.7. The van der Waals surface area contributed by atoms with Crippen LogP contribution < -0.4 is 0 Å². The first-order valence-corrected chi connectivity index (χ1v) is 5.84. The summed E-state index contributed by atoms with van der Waals surface area (Å²) in [5.74, 6) is -5.49. The summed E-state index contributed by atoms with van der Waals surface area (Å²) in [6, 6.07) is 1.46. The Hall–Kier alpha value is -0.750. The lowest BCUT2D eigenvalue weighted by Crippen LogP contribution is -2.02. The van der Waals surface area contributed by atoms with Crippen molar-refractivity contribution >= 4 is 19.7 Å². The van der Waals surface area contributed by atoms with Crippen LogP contribution in [-0.2, 0) is 14.8 Å². The van der Waals surface area contributed by atoms with E-state index >= 15 is 0 Å². The molecule has 1 aromatic carbocycles. The molecule has 0 bridgehead atoms. The summed E-state index contributed by atoms with van der Waals surface area (Å²) >= 11 is 0. The van der Waals surface area contributed by atoms with E-state index in [2.05, 4.69) is 0 Å². The molecule has 0 amide bonds. The van der Waals surface area contributed by atoms with Crippen molar-refractivity contribution in [3.8, 4) is 0 Å². The molecule has 0 aliphatic heterocycles. The van der Waals surface area contributed by atoms with Crippen molar-refractivity contribution in [1.82, 2.24) is 0 Å². The molecule has 7 heteroatoms. The summed E-state index contributed by atoms with van der Waals surface area (Å²) in [5.41, 5.74) is -0.501. The van der Waals surface area contributed by atoms with Gasteiger partial charge in [-0.1, -0.05) is 6.07 Å². The summed E-state index contributed by atoms with van der Waals surface area (Å²) in [5, 5.41) is 0. The smallest absolute Gasteiger partial charge is 0.212 e. The second-order valence-corrected chi connectivity index (χ2v) is 5.29. The second-order valence-electron chi connectivity index (χ2n) is 2.52. The van der Waals surface area contributed by atoms with E-state index in [0.717, 1.165) is 6.07 Å². The molecule has 0 fully saturated rings. The van der Waals surface area contributed by atoms with Crippen molar-refractivity contribution in [3.63, 3.8) is 0 Å². The van der Waals surface area contributed by atoms with Crippen LogP contribution in [-0.4, -0.2) is 8.42 Å². The van der Waals surface area contributed by atoms with Gasteiger partial charge in [0.2, 0.25) is 9.05 Å². The summed E-state index contributed by atoms with van der Waals surface area (Å²) in [7, 11) is 0.835. The molecular weight excluding hydrogens is 241 g/mol. The van der Waals surface area contributed by atoms with Gasteiger partial charge in [0.25, 0.3) is 0 Å². The van der Waals surface area contributed by atoms with Gasteiger partial charge in [-0.15, -0.1) is 0 Å². The Morgan fingerprint density at radius 1 is 1.14 bits per heavy atom. The Kier molecular flexibility index (Phi) is 3.06. The molecule has 0 aliphatic rings. The van der Waals surface area contributed by atoms with Crippen molar-refractivity contribution < 1.29 is 21.6 Å². The fraction of sp³-hybridized carbons (Fsp3) is 0.143. The first-order valence-electron chi connectivity index (χ1n) is 3.36. The Bertz CT molecular complexity index is 458. The van der Waals surface area contributed by atoms with Gasteiger partial charge in [0, 0.05) is 16.2 Å². The SMILES string of the molecule is O=S(=O)(Cl)Cc1ccc(F)c(F)c1F. The van der Waals surface area contributed by atoms with Gasteiger partial charge in [-0.25, -0.2) is 21.6 Å². The molecular formula is C7H4ClF3O2S. The summed E-state index contributed by atoms with van der Waals surface area (Å²) in [4.78, 5) is 0. The number of hydrogen-bond acceptors (Lipinski definition) is 2. The van der Waals surface area contributed by atoms with Crippen LogP contribution in [0.15, 0.2) is 12.1 Å². The summed E-state index contributed by atoms with van der Waals surface area (Å²) in [6.07, 6.45) is 0. The number of hydrogen-bond donors (Lipinski definition) is 0. The maximum Gasteiger partial charge on any atom is 0.236 e. The zero-order valence-electron chi connectivity index (χ0n) is 6.60. The van der Waals surface area contributed by atoms with Crippen LogP contribution in [0.5, 0.6) is 0 Å². The lowest BCUT2D eigenvalue weighted by Gasteiger charge is -2.01. The van der Waals surface area contributed by atoms with Crippen molar-refractivity contribution in [3.05, 3.63) is 35.1 Å². The van der Waals surface area contributed by atoms with Crippen molar-refractivity contribution in [2.45, 2.75) is 5.75 Å². The fourth-order valence-corrected chi connectivity index (χ4v) is 1.81. The zero-order valence-corrected chi connectivity index (χ0v) is 8.17. The predicted octanol–water partition coefficient (Wildman–Crippen LogP) is 2.17. The molecule has 2 nitrogen and oxygen atoms in total. The van der Waals surface area contributed by atoms with Crippen molar-refractivity contribution in [2.75, 3.05) is 0 Å². The minimum Gasteiger partial charge on any atom is -0.212 e. The summed E-state index contributed by atoms with van der Waals surface area (Å²) in [6.45, 7) is 0.